The summed E-state index contributed by atoms with van der Waals surface area (Å²) in [5.74, 6) is 0.941. The average Bonchev–Trinajstić information content (AvgIpc) is 2.39. The van der Waals surface area contributed by atoms with Crippen LogP contribution < -0.4 is 4.74 Å². The Morgan fingerprint density at radius 3 is 2.50 bits per heavy atom. The minimum absolute atomic E-state index is 0.125. The zero-order valence-corrected chi connectivity index (χ0v) is 16.0. The molecule has 0 aliphatic rings. The zero-order valence-electron chi connectivity index (χ0n) is 11.3. The van der Waals surface area contributed by atoms with Crippen LogP contribution in [-0.2, 0) is 6.61 Å². The van der Waals surface area contributed by atoms with Crippen molar-refractivity contribution in [1.29, 1.82) is 0 Å². The van der Waals surface area contributed by atoms with Crippen LogP contribution in [-0.4, -0.2) is 0 Å². The van der Waals surface area contributed by atoms with Gasteiger partial charge in [-0.15, -0.1) is 0 Å². The zero-order chi connectivity index (χ0) is 14.7. The molecular weight excluding hydrogens is 448 g/mol. The lowest BCUT2D eigenvalue weighted by atomic mass is 10.1. The van der Waals surface area contributed by atoms with E-state index in [0.29, 0.717) is 6.61 Å². The largest absolute Gasteiger partial charge is 0.489 e. The molecule has 0 fully saturated rings. The van der Waals surface area contributed by atoms with Gasteiger partial charge < -0.3 is 4.74 Å². The molecule has 0 heterocycles. The monoisotopic (exact) mass is 460 g/mol. The van der Waals surface area contributed by atoms with E-state index < -0.39 is 0 Å². The van der Waals surface area contributed by atoms with E-state index in [1.807, 2.05) is 6.07 Å². The highest BCUT2D eigenvalue weighted by molar-refractivity contribution is 9.24. The molecule has 0 radical (unpaired) electrons. The number of halogens is 3. The van der Waals surface area contributed by atoms with Gasteiger partial charge in [0.2, 0.25) is 0 Å². The Morgan fingerprint density at radius 1 is 1.05 bits per heavy atom. The van der Waals surface area contributed by atoms with Crippen LogP contribution in [0.3, 0.4) is 0 Å². The lowest BCUT2D eigenvalue weighted by Crippen LogP contribution is -2.01. The Balaban J connectivity index is 2.22. The number of benzene rings is 2. The predicted molar refractivity (Wildman–Crippen MR) is 95.0 cm³/mol. The highest BCUT2D eigenvalue weighted by Crippen LogP contribution is 2.34. The van der Waals surface area contributed by atoms with Crippen molar-refractivity contribution in [2.45, 2.75) is 24.2 Å². The smallest absolute Gasteiger partial charge is 0.122 e. The van der Waals surface area contributed by atoms with E-state index in [0.717, 1.165) is 21.3 Å². The fourth-order valence-corrected chi connectivity index (χ4v) is 3.23. The lowest BCUT2D eigenvalue weighted by molar-refractivity contribution is 0.303. The molecule has 4 heteroatoms. The summed E-state index contributed by atoms with van der Waals surface area (Å²) < 4.78 is 7.17. The van der Waals surface area contributed by atoms with Crippen LogP contribution in [0, 0.1) is 13.8 Å². The first-order valence-electron chi connectivity index (χ1n) is 6.24. The topological polar surface area (TPSA) is 9.23 Å². The van der Waals surface area contributed by atoms with Crippen molar-refractivity contribution >= 4 is 47.8 Å². The summed E-state index contributed by atoms with van der Waals surface area (Å²) in [4.78, 5) is 0. The molecule has 2 rings (SSSR count). The highest BCUT2D eigenvalue weighted by Gasteiger charge is 2.11. The van der Waals surface area contributed by atoms with Gasteiger partial charge in [-0.25, -0.2) is 0 Å². The Labute approximate surface area is 145 Å². The van der Waals surface area contributed by atoms with Crippen molar-refractivity contribution in [2.24, 2.45) is 0 Å². The molecule has 2 aromatic rings. The van der Waals surface area contributed by atoms with E-state index in [1.165, 1.54) is 11.1 Å². The fraction of sp³-hybridized carbons (Fsp3) is 0.250. The fourth-order valence-electron chi connectivity index (χ4n) is 1.93. The average molecular weight is 463 g/mol. The Morgan fingerprint density at radius 2 is 1.80 bits per heavy atom. The van der Waals surface area contributed by atoms with Gasteiger partial charge in [-0.1, -0.05) is 66.0 Å². The Bertz CT molecular complexity index is 609. The molecule has 20 heavy (non-hydrogen) atoms. The summed E-state index contributed by atoms with van der Waals surface area (Å²) >= 11 is 10.6. The molecule has 0 bridgehead atoms. The second-order valence-corrected chi connectivity index (χ2v) is 8.68. The number of hydrogen-bond donors (Lipinski definition) is 0. The molecule has 0 atom stereocenters. The van der Waals surface area contributed by atoms with Gasteiger partial charge in [0.25, 0.3) is 0 Å². The van der Waals surface area contributed by atoms with E-state index in [-0.39, 0.29) is 3.74 Å². The number of hydrogen-bond acceptors (Lipinski definition) is 1. The maximum atomic E-state index is 5.99. The van der Waals surface area contributed by atoms with Crippen LogP contribution in [0.2, 0.25) is 0 Å². The van der Waals surface area contributed by atoms with Gasteiger partial charge >= 0.3 is 0 Å². The molecule has 0 saturated heterocycles. The van der Waals surface area contributed by atoms with Crippen LogP contribution >= 0.6 is 47.8 Å². The standard InChI is InChI=1S/C16H15Br3O/c1-10-3-4-11(2)15(7-10)20-9-12-8-13(17)5-6-14(12)16(18)19/h3-8,16H,9H2,1-2H3. The van der Waals surface area contributed by atoms with Crippen molar-refractivity contribution in [3.05, 3.63) is 63.1 Å². The SMILES string of the molecule is Cc1ccc(C)c(OCc2cc(Br)ccc2C(Br)Br)c1. The van der Waals surface area contributed by atoms with Gasteiger partial charge in [-0.3, -0.25) is 0 Å². The van der Waals surface area contributed by atoms with Gasteiger partial charge in [0.05, 0.1) is 3.74 Å². The number of rotatable bonds is 4. The first-order valence-corrected chi connectivity index (χ1v) is 8.86. The van der Waals surface area contributed by atoms with Crippen molar-refractivity contribution in [3.63, 3.8) is 0 Å². The van der Waals surface area contributed by atoms with E-state index in [2.05, 4.69) is 92.0 Å². The third-order valence-corrected chi connectivity index (χ3v) is 4.55. The number of aryl methyl sites for hydroxylation is 2. The molecule has 0 aromatic heterocycles. The Kier molecular flexibility index (Phi) is 5.70. The van der Waals surface area contributed by atoms with Gasteiger partial charge in [-0.05, 0) is 54.3 Å². The molecular formula is C16H15Br3O. The highest BCUT2D eigenvalue weighted by atomic mass is 79.9. The van der Waals surface area contributed by atoms with E-state index in [4.69, 9.17) is 4.74 Å². The van der Waals surface area contributed by atoms with Gasteiger partial charge in [-0.2, -0.15) is 0 Å². The molecule has 0 saturated carbocycles. The van der Waals surface area contributed by atoms with Gasteiger partial charge in [0.1, 0.15) is 12.4 Å². The van der Waals surface area contributed by atoms with E-state index in [9.17, 15) is 0 Å². The third-order valence-electron chi connectivity index (χ3n) is 3.07. The lowest BCUT2D eigenvalue weighted by Gasteiger charge is -2.14. The number of alkyl halides is 2. The van der Waals surface area contributed by atoms with E-state index in [1.54, 1.807) is 0 Å². The molecule has 106 valence electrons. The summed E-state index contributed by atoms with van der Waals surface area (Å²) in [6.45, 7) is 4.69. The predicted octanol–water partition coefficient (Wildman–Crippen LogP) is 6.43. The minimum Gasteiger partial charge on any atom is -0.489 e. The molecule has 0 unspecified atom stereocenters. The summed E-state index contributed by atoms with van der Waals surface area (Å²) in [5.41, 5.74) is 4.69. The van der Waals surface area contributed by atoms with Crippen LogP contribution in [0.25, 0.3) is 0 Å². The van der Waals surface area contributed by atoms with Crippen LogP contribution in [0.15, 0.2) is 40.9 Å². The van der Waals surface area contributed by atoms with Crippen LogP contribution in [0.4, 0.5) is 0 Å². The van der Waals surface area contributed by atoms with Crippen LogP contribution in [0.1, 0.15) is 26.0 Å². The molecule has 0 spiro atoms. The first kappa shape index (κ1) is 16.1. The van der Waals surface area contributed by atoms with Crippen LogP contribution in [0.5, 0.6) is 5.75 Å². The second kappa shape index (κ2) is 7.10. The molecule has 0 aliphatic carbocycles. The summed E-state index contributed by atoms with van der Waals surface area (Å²) in [6.07, 6.45) is 0. The molecule has 0 aliphatic heterocycles. The maximum Gasteiger partial charge on any atom is 0.122 e. The van der Waals surface area contributed by atoms with Crippen molar-refractivity contribution < 1.29 is 4.74 Å². The maximum absolute atomic E-state index is 5.99. The van der Waals surface area contributed by atoms with Crippen molar-refractivity contribution in [3.8, 4) is 5.75 Å². The van der Waals surface area contributed by atoms with Crippen molar-refractivity contribution in [2.75, 3.05) is 0 Å². The second-order valence-electron chi connectivity index (χ2n) is 4.70. The quantitative estimate of drug-likeness (QED) is 0.475. The van der Waals surface area contributed by atoms with Crippen molar-refractivity contribution in [1.82, 2.24) is 0 Å². The normalized spacial score (nSPS) is 10.9. The molecule has 0 amide bonds. The molecule has 0 N–H and O–H groups in total. The first-order chi connectivity index (χ1) is 9.47. The van der Waals surface area contributed by atoms with Gasteiger partial charge in [0.15, 0.2) is 0 Å². The molecule has 2 aromatic carbocycles. The third kappa shape index (κ3) is 4.09. The summed E-state index contributed by atoms with van der Waals surface area (Å²) in [6, 6.07) is 12.5. The summed E-state index contributed by atoms with van der Waals surface area (Å²) in [5, 5.41) is 0. The minimum atomic E-state index is 0.125. The van der Waals surface area contributed by atoms with E-state index >= 15 is 0 Å². The Hall–Kier alpha value is -0.320. The van der Waals surface area contributed by atoms with Gasteiger partial charge in [0, 0.05) is 4.47 Å². The summed E-state index contributed by atoms with van der Waals surface area (Å²) in [7, 11) is 0. The number of ether oxygens (including phenoxy) is 1. The molecule has 1 nitrogen and oxygen atoms in total.